The average Bonchev–Trinajstić information content (AvgIpc) is 2.79. The Morgan fingerprint density at radius 2 is 1.60 bits per heavy atom. The molecule has 0 bridgehead atoms. The number of rotatable bonds is 9. The van der Waals surface area contributed by atoms with Crippen LogP contribution in [-0.4, -0.2) is 30.2 Å². The lowest BCUT2D eigenvalue weighted by Gasteiger charge is -2.26. The minimum absolute atomic E-state index is 0.0967. The fourth-order valence-electron chi connectivity index (χ4n) is 3.05. The maximum Gasteiger partial charge on any atom is 0.335 e. The van der Waals surface area contributed by atoms with Gasteiger partial charge in [0.1, 0.15) is 5.75 Å². The molecule has 0 aliphatic carbocycles. The number of carboxylic acids is 1. The van der Waals surface area contributed by atoms with Crippen LogP contribution in [-0.2, 0) is 16.1 Å². The van der Waals surface area contributed by atoms with Crippen molar-refractivity contribution in [1.82, 2.24) is 5.32 Å². The predicted octanol–water partition coefficient (Wildman–Crippen LogP) is 3.84. The molecule has 0 aliphatic heterocycles. The Bertz CT molecular complexity index is 975. The van der Waals surface area contributed by atoms with Gasteiger partial charge in [-0.2, -0.15) is 0 Å². The lowest BCUT2D eigenvalue weighted by Crippen LogP contribution is -2.42. The fourth-order valence-corrected chi connectivity index (χ4v) is 3.05. The number of methoxy groups -OCH3 is 1. The Kier molecular flexibility index (Phi) is 7.19. The van der Waals surface area contributed by atoms with Crippen molar-refractivity contribution < 1.29 is 24.2 Å². The quantitative estimate of drug-likeness (QED) is 0.565. The lowest BCUT2D eigenvalue weighted by molar-refractivity contribution is -0.153. The van der Waals surface area contributed by atoms with Crippen molar-refractivity contribution in [2.45, 2.75) is 18.8 Å². The molecule has 154 valence electrons. The van der Waals surface area contributed by atoms with Gasteiger partial charge in [0.15, 0.2) is 6.10 Å². The van der Waals surface area contributed by atoms with Gasteiger partial charge in [0, 0.05) is 5.56 Å². The van der Waals surface area contributed by atoms with Crippen LogP contribution in [0.2, 0.25) is 0 Å². The summed E-state index contributed by atoms with van der Waals surface area (Å²) in [7, 11) is 1.53. The van der Waals surface area contributed by atoms with Gasteiger partial charge >= 0.3 is 5.97 Å². The van der Waals surface area contributed by atoms with Crippen molar-refractivity contribution in [3.05, 3.63) is 102 Å². The number of ether oxygens (including phenoxy) is 2. The van der Waals surface area contributed by atoms with E-state index in [4.69, 9.17) is 9.47 Å². The van der Waals surface area contributed by atoms with Crippen molar-refractivity contribution in [2.24, 2.45) is 0 Å². The Morgan fingerprint density at radius 3 is 2.23 bits per heavy atom. The van der Waals surface area contributed by atoms with Gasteiger partial charge in [-0.25, -0.2) is 4.79 Å². The Hall–Kier alpha value is -3.64. The topological polar surface area (TPSA) is 84.9 Å². The van der Waals surface area contributed by atoms with Gasteiger partial charge in [0.25, 0.3) is 5.91 Å². The number of carboxylic acid groups (broad SMARTS) is 1. The molecule has 0 saturated heterocycles. The standard InChI is InChI=1S/C24H23NO5/c1-29-20-14-8-13-19(15-20)21(25-23(26)18-11-6-3-7-12-18)22(24(27)28)30-16-17-9-4-2-5-10-17/h2-15,21-22H,16H2,1H3,(H,25,26)(H,27,28)/t21-,22+/m0/s1. The van der Waals surface area contributed by atoms with Crippen LogP contribution in [0.3, 0.4) is 0 Å². The first-order chi connectivity index (χ1) is 14.6. The van der Waals surface area contributed by atoms with Crippen LogP contribution in [0.15, 0.2) is 84.9 Å². The predicted molar refractivity (Wildman–Crippen MR) is 112 cm³/mol. The lowest BCUT2D eigenvalue weighted by atomic mass is 10.00. The number of benzene rings is 3. The molecule has 0 aromatic heterocycles. The monoisotopic (exact) mass is 405 g/mol. The van der Waals surface area contributed by atoms with Crippen LogP contribution in [0, 0.1) is 0 Å². The second kappa shape index (κ2) is 10.2. The minimum atomic E-state index is -1.30. The zero-order valence-corrected chi connectivity index (χ0v) is 16.5. The van der Waals surface area contributed by atoms with E-state index in [0.717, 1.165) is 5.56 Å². The molecule has 0 radical (unpaired) electrons. The first-order valence-electron chi connectivity index (χ1n) is 9.46. The SMILES string of the molecule is COc1cccc([C@H](NC(=O)c2ccccc2)[C@@H](OCc2ccccc2)C(=O)O)c1. The van der Waals surface area contributed by atoms with E-state index in [1.807, 2.05) is 30.3 Å². The van der Waals surface area contributed by atoms with Crippen LogP contribution < -0.4 is 10.1 Å². The number of carbonyl (C=O) groups is 2. The summed E-state index contributed by atoms with van der Waals surface area (Å²) in [6, 6.07) is 23.9. The van der Waals surface area contributed by atoms with E-state index in [0.29, 0.717) is 16.9 Å². The van der Waals surface area contributed by atoms with Crippen molar-refractivity contribution in [3.63, 3.8) is 0 Å². The molecule has 0 fully saturated rings. The third kappa shape index (κ3) is 5.46. The molecule has 6 heteroatoms. The van der Waals surface area contributed by atoms with Gasteiger partial charge in [-0.1, -0.05) is 60.7 Å². The van der Waals surface area contributed by atoms with E-state index in [9.17, 15) is 14.7 Å². The van der Waals surface area contributed by atoms with E-state index in [1.54, 1.807) is 54.6 Å². The van der Waals surface area contributed by atoms with Gasteiger partial charge in [-0.15, -0.1) is 0 Å². The van der Waals surface area contributed by atoms with Crippen molar-refractivity contribution in [1.29, 1.82) is 0 Å². The molecule has 1 amide bonds. The molecule has 0 saturated carbocycles. The van der Waals surface area contributed by atoms with E-state index in [-0.39, 0.29) is 6.61 Å². The largest absolute Gasteiger partial charge is 0.497 e. The summed E-state index contributed by atoms with van der Waals surface area (Å²) in [4.78, 5) is 24.9. The minimum Gasteiger partial charge on any atom is -0.497 e. The highest BCUT2D eigenvalue weighted by Crippen LogP contribution is 2.25. The van der Waals surface area contributed by atoms with Crippen LogP contribution >= 0.6 is 0 Å². The van der Waals surface area contributed by atoms with Gasteiger partial charge in [-0.05, 0) is 35.4 Å². The van der Waals surface area contributed by atoms with Crippen molar-refractivity contribution in [2.75, 3.05) is 7.11 Å². The molecule has 2 atom stereocenters. The highest BCUT2D eigenvalue weighted by Gasteiger charge is 2.32. The molecule has 3 aromatic carbocycles. The number of hydrogen-bond acceptors (Lipinski definition) is 4. The van der Waals surface area contributed by atoms with Crippen LogP contribution in [0.4, 0.5) is 0 Å². The Labute approximate surface area is 175 Å². The third-order valence-electron chi connectivity index (χ3n) is 4.59. The summed E-state index contributed by atoms with van der Waals surface area (Å²) in [6.45, 7) is 0.0967. The van der Waals surface area contributed by atoms with E-state index < -0.39 is 24.0 Å². The Balaban J connectivity index is 1.90. The first kappa shape index (κ1) is 21.1. The first-order valence-corrected chi connectivity index (χ1v) is 9.46. The van der Waals surface area contributed by atoms with Crippen LogP contribution in [0.5, 0.6) is 5.75 Å². The van der Waals surface area contributed by atoms with E-state index in [1.165, 1.54) is 7.11 Å². The van der Waals surface area contributed by atoms with Crippen molar-refractivity contribution >= 4 is 11.9 Å². The zero-order chi connectivity index (χ0) is 21.3. The zero-order valence-electron chi connectivity index (χ0n) is 16.5. The molecule has 30 heavy (non-hydrogen) atoms. The third-order valence-corrected chi connectivity index (χ3v) is 4.59. The average molecular weight is 405 g/mol. The van der Waals surface area contributed by atoms with E-state index in [2.05, 4.69) is 5.32 Å². The van der Waals surface area contributed by atoms with Gasteiger partial charge in [0.05, 0.1) is 19.8 Å². The number of amides is 1. The molecule has 2 N–H and O–H groups in total. The molecular weight excluding hydrogens is 382 g/mol. The normalized spacial score (nSPS) is 12.6. The summed E-state index contributed by atoms with van der Waals surface area (Å²) in [5.74, 6) is -1.01. The number of carbonyl (C=O) groups excluding carboxylic acids is 1. The summed E-state index contributed by atoms with van der Waals surface area (Å²) in [5.41, 5.74) is 1.83. The molecule has 0 aliphatic rings. The summed E-state index contributed by atoms with van der Waals surface area (Å²) in [6.07, 6.45) is -1.30. The van der Waals surface area contributed by atoms with Gasteiger partial charge in [0.2, 0.25) is 0 Å². The molecule has 3 rings (SSSR count). The second-order valence-corrected chi connectivity index (χ2v) is 6.65. The second-order valence-electron chi connectivity index (χ2n) is 6.65. The molecular formula is C24H23NO5. The smallest absolute Gasteiger partial charge is 0.335 e. The fraction of sp³-hybridized carbons (Fsp3) is 0.167. The molecule has 0 unspecified atom stereocenters. The maximum atomic E-state index is 12.8. The van der Waals surface area contributed by atoms with Gasteiger partial charge < -0.3 is 19.9 Å². The molecule has 0 heterocycles. The Morgan fingerprint density at radius 1 is 0.933 bits per heavy atom. The maximum absolute atomic E-state index is 12.8. The molecule has 3 aromatic rings. The van der Waals surface area contributed by atoms with Crippen LogP contribution in [0.1, 0.15) is 27.5 Å². The highest BCUT2D eigenvalue weighted by atomic mass is 16.5. The summed E-state index contributed by atoms with van der Waals surface area (Å²) < 4.78 is 11.0. The summed E-state index contributed by atoms with van der Waals surface area (Å²) >= 11 is 0. The highest BCUT2D eigenvalue weighted by molar-refractivity contribution is 5.94. The van der Waals surface area contributed by atoms with Crippen molar-refractivity contribution in [3.8, 4) is 5.75 Å². The van der Waals surface area contributed by atoms with Gasteiger partial charge in [-0.3, -0.25) is 4.79 Å². The molecule has 0 spiro atoms. The summed E-state index contributed by atoms with van der Waals surface area (Å²) in [5, 5.41) is 12.7. The number of aliphatic carboxylic acids is 1. The van der Waals surface area contributed by atoms with E-state index >= 15 is 0 Å². The van der Waals surface area contributed by atoms with Crippen LogP contribution in [0.25, 0.3) is 0 Å². The number of hydrogen-bond donors (Lipinski definition) is 2. The molecule has 6 nitrogen and oxygen atoms in total. The number of nitrogens with one attached hydrogen (secondary N) is 1.